The van der Waals surface area contributed by atoms with E-state index < -0.39 is 20.0 Å². The number of benzene rings is 2. The van der Waals surface area contributed by atoms with Gasteiger partial charge in [-0.2, -0.15) is 4.31 Å². The summed E-state index contributed by atoms with van der Waals surface area (Å²) in [7, 11) is -5.68. The maximum Gasteiger partial charge on any atom is 0.243 e. The van der Waals surface area contributed by atoms with Gasteiger partial charge in [0, 0.05) is 31.7 Å². The summed E-state index contributed by atoms with van der Waals surface area (Å²) in [6.07, 6.45) is 1.47. The normalized spacial score (nSPS) is 11.9. The van der Waals surface area contributed by atoms with E-state index in [2.05, 4.69) is 5.32 Å². The van der Waals surface area contributed by atoms with Crippen molar-refractivity contribution >= 4 is 37.3 Å². The Morgan fingerprint density at radius 3 is 2.12 bits per heavy atom. The number of sulfonamides is 2. The van der Waals surface area contributed by atoms with Crippen LogP contribution in [0.1, 0.15) is 26.7 Å². The molecule has 0 spiro atoms. The number of anilines is 2. The first kappa shape index (κ1) is 26.6. The number of nitrogens with zero attached hydrogens (tertiary/aromatic N) is 2. The van der Waals surface area contributed by atoms with E-state index in [1.807, 2.05) is 0 Å². The summed E-state index contributed by atoms with van der Waals surface area (Å²) in [6, 6.07) is 12.8. The van der Waals surface area contributed by atoms with Crippen molar-refractivity contribution in [1.82, 2.24) is 4.31 Å². The van der Waals surface area contributed by atoms with Gasteiger partial charge in [0.05, 0.1) is 23.9 Å². The number of hydrogen-bond acceptors (Lipinski definition) is 6. The number of hydrogen-bond donors (Lipinski definition) is 1. The van der Waals surface area contributed by atoms with Crippen LogP contribution in [0.5, 0.6) is 5.75 Å². The minimum absolute atomic E-state index is 0.0840. The average Bonchev–Trinajstić information content (AvgIpc) is 2.77. The SMILES string of the molecule is CCN(CC)S(=O)(=O)c1ccc(NC(=O)CCCN(c2ccccc2OC)S(C)(=O)=O)cc1. The highest BCUT2D eigenvalue weighted by Gasteiger charge is 2.22. The first-order chi connectivity index (χ1) is 15.5. The quantitative estimate of drug-likeness (QED) is 0.482. The van der Waals surface area contributed by atoms with Crippen LogP contribution in [0.15, 0.2) is 53.4 Å². The maximum atomic E-state index is 12.6. The van der Waals surface area contributed by atoms with Crippen LogP contribution in [-0.4, -0.2) is 60.0 Å². The lowest BCUT2D eigenvalue weighted by Crippen LogP contribution is -2.31. The molecular formula is C22H31N3O6S2. The molecule has 2 aromatic carbocycles. The molecule has 0 radical (unpaired) electrons. The summed E-state index contributed by atoms with van der Waals surface area (Å²) < 4.78 is 57.5. The molecule has 0 aromatic heterocycles. The van der Waals surface area contributed by atoms with E-state index in [0.29, 0.717) is 30.2 Å². The molecule has 182 valence electrons. The van der Waals surface area contributed by atoms with E-state index in [-0.39, 0.29) is 30.2 Å². The lowest BCUT2D eigenvalue weighted by Gasteiger charge is -2.24. The van der Waals surface area contributed by atoms with Crippen molar-refractivity contribution in [1.29, 1.82) is 0 Å². The fourth-order valence-corrected chi connectivity index (χ4v) is 5.76. The van der Waals surface area contributed by atoms with Crippen LogP contribution in [0.3, 0.4) is 0 Å². The smallest absolute Gasteiger partial charge is 0.243 e. The Hall–Kier alpha value is -2.63. The third-order valence-electron chi connectivity index (χ3n) is 5.00. The second-order valence-corrected chi connectivity index (χ2v) is 11.1. The Kier molecular flexibility index (Phi) is 9.26. The largest absolute Gasteiger partial charge is 0.495 e. The monoisotopic (exact) mass is 497 g/mol. The lowest BCUT2D eigenvalue weighted by molar-refractivity contribution is -0.116. The van der Waals surface area contributed by atoms with Crippen molar-refractivity contribution in [2.75, 3.05) is 42.6 Å². The maximum absolute atomic E-state index is 12.6. The number of rotatable bonds is 12. The van der Waals surface area contributed by atoms with Crippen LogP contribution in [0.2, 0.25) is 0 Å². The summed E-state index contributed by atoms with van der Waals surface area (Å²) in [6.45, 7) is 4.39. The van der Waals surface area contributed by atoms with Crippen molar-refractivity contribution in [3.8, 4) is 5.75 Å². The molecule has 1 amide bonds. The summed E-state index contributed by atoms with van der Waals surface area (Å²) in [4.78, 5) is 12.5. The van der Waals surface area contributed by atoms with Gasteiger partial charge in [-0.1, -0.05) is 26.0 Å². The first-order valence-corrected chi connectivity index (χ1v) is 13.8. The molecule has 0 aliphatic heterocycles. The molecule has 33 heavy (non-hydrogen) atoms. The zero-order valence-corrected chi connectivity index (χ0v) is 20.9. The van der Waals surface area contributed by atoms with Gasteiger partial charge in [0.1, 0.15) is 5.75 Å². The van der Waals surface area contributed by atoms with Gasteiger partial charge in [0.2, 0.25) is 26.0 Å². The summed E-state index contributed by atoms with van der Waals surface area (Å²) >= 11 is 0. The lowest BCUT2D eigenvalue weighted by atomic mass is 10.2. The highest BCUT2D eigenvalue weighted by molar-refractivity contribution is 7.92. The van der Waals surface area contributed by atoms with Gasteiger partial charge in [-0.25, -0.2) is 16.8 Å². The molecule has 0 aliphatic rings. The van der Waals surface area contributed by atoms with Gasteiger partial charge in [-0.3, -0.25) is 9.10 Å². The van der Waals surface area contributed by atoms with Gasteiger partial charge in [-0.05, 0) is 42.8 Å². The number of methoxy groups -OCH3 is 1. The second-order valence-electron chi connectivity index (χ2n) is 7.27. The zero-order valence-electron chi connectivity index (χ0n) is 19.3. The Labute approximate surface area is 196 Å². The Morgan fingerprint density at radius 1 is 0.970 bits per heavy atom. The summed E-state index contributed by atoms with van der Waals surface area (Å²) in [5.41, 5.74) is 0.871. The van der Waals surface area contributed by atoms with Crippen molar-refractivity contribution in [2.24, 2.45) is 0 Å². The van der Waals surface area contributed by atoms with Gasteiger partial charge in [0.25, 0.3) is 0 Å². The van der Waals surface area contributed by atoms with Crippen LogP contribution in [0, 0.1) is 0 Å². The predicted octanol–water partition coefficient (Wildman–Crippen LogP) is 2.91. The van der Waals surface area contributed by atoms with Crippen LogP contribution >= 0.6 is 0 Å². The minimum atomic E-state index is -3.58. The molecular weight excluding hydrogens is 466 g/mol. The van der Waals surface area contributed by atoms with Gasteiger partial charge in [-0.15, -0.1) is 0 Å². The van der Waals surface area contributed by atoms with Crippen molar-refractivity contribution in [2.45, 2.75) is 31.6 Å². The molecule has 0 saturated carbocycles. The summed E-state index contributed by atoms with van der Waals surface area (Å²) in [5.74, 6) is 0.120. The van der Waals surface area contributed by atoms with E-state index in [9.17, 15) is 21.6 Å². The van der Waals surface area contributed by atoms with Crippen molar-refractivity contribution in [3.05, 3.63) is 48.5 Å². The van der Waals surface area contributed by atoms with Crippen LogP contribution in [-0.2, 0) is 24.8 Å². The molecule has 0 atom stereocenters. The molecule has 0 aliphatic carbocycles. The fourth-order valence-electron chi connectivity index (χ4n) is 3.33. The standard InChI is InChI=1S/C22H31N3O6S2/c1-5-24(6-2)33(29,30)19-15-13-18(14-16-19)23-22(26)12-9-17-25(32(4,27)28)20-10-7-8-11-21(20)31-3/h7-8,10-11,13-16H,5-6,9,12,17H2,1-4H3,(H,23,26). The average molecular weight is 498 g/mol. The van der Waals surface area contributed by atoms with E-state index >= 15 is 0 Å². The number of amides is 1. The molecule has 0 unspecified atom stereocenters. The molecule has 9 nitrogen and oxygen atoms in total. The Morgan fingerprint density at radius 2 is 1.58 bits per heavy atom. The van der Waals surface area contributed by atoms with Crippen molar-refractivity contribution < 1.29 is 26.4 Å². The summed E-state index contributed by atoms with van der Waals surface area (Å²) in [5, 5.41) is 2.71. The number of ether oxygens (including phenoxy) is 1. The highest BCUT2D eigenvalue weighted by atomic mass is 32.2. The number of nitrogens with one attached hydrogen (secondary N) is 1. The van der Waals surface area contributed by atoms with Crippen molar-refractivity contribution in [3.63, 3.8) is 0 Å². The van der Waals surface area contributed by atoms with Gasteiger partial charge < -0.3 is 10.1 Å². The topological polar surface area (TPSA) is 113 Å². The van der Waals surface area contributed by atoms with Gasteiger partial charge >= 0.3 is 0 Å². The van der Waals surface area contributed by atoms with E-state index in [1.165, 1.54) is 40.0 Å². The molecule has 0 fully saturated rings. The van der Waals surface area contributed by atoms with Crippen LogP contribution in [0.25, 0.3) is 0 Å². The van der Waals surface area contributed by atoms with E-state index in [4.69, 9.17) is 4.74 Å². The predicted molar refractivity (Wildman–Crippen MR) is 130 cm³/mol. The second kappa shape index (κ2) is 11.5. The van der Waals surface area contributed by atoms with Gasteiger partial charge in [0.15, 0.2) is 0 Å². The van der Waals surface area contributed by atoms with E-state index in [0.717, 1.165) is 6.26 Å². The Bertz CT molecular complexity index is 1140. The third kappa shape index (κ3) is 6.92. The number of carbonyl (C=O) groups excluding carboxylic acids is 1. The highest BCUT2D eigenvalue weighted by Crippen LogP contribution is 2.29. The number of carbonyl (C=O) groups is 1. The molecule has 0 saturated heterocycles. The molecule has 2 rings (SSSR count). The van der Waals surface area contributed by atoms with E-state index in [1.54, 1.807) is 38.1 Å². The third-order valence-corrected chi connectivity index (χ3v) is 8.24. The van der Waals surface area contributed by atoms with Crippen LogP contribution in [0.4, 0.5) is 11.4 Å². The first-order valence-electron chi connectivity index (χ1n) is 10.5. The molecule has 11 heteroatoms. The zero-order chi connectivity index (χ0) is 24.6. The van der Waals surface area contributed by atoms with Crippen LogP contribution < -0.4 is 14.4 Å². The molecule has 0 bridgehead atoms. The molecule has 2 aromatic rings. The molecule has 0 heterocycles. The fraction of sp³-hybridized carbons (Fsp3) is 0.409. The molecule has 1 N–H and O–H groups in total. The number of para-hydroxylation sites is 2. The minimum Gasteiger partial charge on any atom is -0.495 e. The Balaban J connectivity index is 2.01.